The first-order valence-corrected chi connectivity index (χ1v) is 7.48. The van der Waals surface area contributed by atoms with Crippen molar-refractivity contribution in [2.75, 3.05) is 0 Å². The summed E-state index contributed by atoms with van der Waals surface area (Å²) in [4.78, 5) is 16.3. The highest BCUT2D eigenvalue weighted by Crippen LogP contribution is 2.19. The first-order valence-electron chi connectivity index (χ1n) is 6.50. The Morgan fingerprint density at radius 3 is 2.38 bits per heavy atom. The maximum absolute atomic E-state index is 12.3. The van der Waals surface area contributed by atoms with Crippen molar-refractivity contribution in [1.82, 2.24) is 15.2 Å². The topological polar surface area (TPSA) is 58.6 Å². The molecule has 0 aliphatic heterocycles. The van der Waals surface area contributed by atoms with Gasteiger partial charge in [0, 0.05) is 16.9 Å². The Hall–Kier alpha value is -2.40. The lowest BCUT2D eigenvalue weighted by molar-refractivity contribution is 0.103. The van der Waals surface area contributed by atoms with E-state index in [0.717, 1.165) is 16.5 Å². The van der Waals surface area contributed by atoms with Crippen molar-refractivity contribution in [3.8, 4) is 0 Å². The van der Waals surface area contributed by atoms with Gasteiger partial charge in [-0.1, -0.05) is 66.4 Å². The van der Waals surface area contributed by atoms with Gasteiger partial charge in [0.1, 0.15) is 6.33 Å². The molecule has 1 heterocycles. The van der Waals surface area contributed by atoms with Crippen molar-refractivity contribution in [2.24, 2.45) is 0 Å². The van der Waals surface area contributed by atoms with Gasteiger partial charge in [0.2, 0.25) is 0 Å². The van der Waals surface area contributed by atoms with Crippen LogP contribution in [-0.4, -0.2) is 21.0 Å². The van der Waals surface area contributed by atoms with Crippen molar-refractivity contribution < 1.29 is 4.79 Å². The van der Waals surface area contributed by atoms with E-state index >= 15 is 0 Å². The molecular formula is C16H13N3OS. The second kappa shape index (κ2) is 6.37. The third-order valence-corrected chi connectivity index (χ3v) is 3.97. The predicted octanol–water partition coefficient (Wildman–Crippen LogP) is 3.33. The molecule has 104 valence electrons. The molecule has 5 heteroatoms. The highest BCUT2D eigenvalue weighted by Gasteiger charge is 2.08. The van der Waals surface area contributed by atoms with Gasteiger partial charge in [-0.05, 0) is 5.56 Å². The van der Waals surface area contributed by atoms with Crippen LogP contribution >= 0.6 is 11.8 Å². The van der Waals surface area contributed by atoms with Crippen molar-refractivity contribution in [1.29, 1.82) is 0 Å². The van der Waals surface area contributed by atoms with Gasteiger partial charge in [-0.2, -0.15) is 5.10 Å². The number of aromatic amines is 1. The van der Waals surface area contributed by atoms with Crippen molar-refractivity contribution >= 4 is 17.5 Å². The Balaban J connectivity index is 1.68. The highest BCUT2D eigenvalue weighted by molar-refractivity contribution is 7.98. The third-order valence-electron chi connectivity index (χ3n) is 3.02. The summed E-state index contributed by atoms with van der Waals surface area (Å²) < 4.78 is 0. The van der Waals surface area contributed by atoms with E-state index in [2.05, 4.69) is 15.2 Å². The molecule has 21 heavy (non-hydrogen) atoms. The Labute approximate surface area is 126 Å². The highest BCUT2D eigenvalue weighted by atomic mass is 32.2. The number of thioether (sulfide) groups is 1. The number of carbonyl (C=O) groups is 1. The molecule has 0 bridgehead atoms. The minimum atomic E-state index is 0.0463. The lowest BCUT2D eigenvalue weighted by Crippen LogP contribution is -2.00. The molecule has 1 N–H and O–H groups in total. The Morgan fingerprint density at radius 1 is 1.00 bits per heavy atom. The largest absolute Gasteiger partial charge is 0.289 e. The Kier molecular flexibility index (Phi) is 4.12. The summed E-state index contributed by atoms with van der Waals surface area (Å²) in [7, 11) is 0. The molecule has 0 spiro atoms. The minimum Gasteiger partial charge on any atom is -0.289 e. The van der Waals surface area contributed by atoms with Crippen LogP contribution in [0.5, 0.6) is 0 Å². The van der Waals surface area contributed by atoms with Crippen LogP contribution in [0.4, 0.5) is 0 Å². The quantitative estimate of drug-likeness (QED) is 0.579. The zero-order valence-corrected chi connectivity index (χ0v) is 12.0. The molecule has 0 saturated carbocycles. The average molecular weight is 295 g/mol. The average Bonchev–Trinajstić information content (AvgIpc) is 3.07. The van der Waals surface area contributed by atoms with Crippen LogP contribution in [0.15, 0.2) is 66.1 Å². The molecule has 0 aliphatic rings. The lowest BCUT2D eigenvalue weighted by atomic mass is 10.0. The van der Waals surface area contributed by atoms with E-state index in [1.165, 1.54) is 6.33 Å². The van der Waals surface area contributed by atoms with E-state index in [1.54, 1.807) is 11.8 Å². The van der Waals surface area contributed by atoms with Gasteiger partial charge in [-0.25, -0.2) is 4.98 Å². The number of aromatic nitrogens is 3. The number of carbonyl (C=O) groups excluding carboxylic acids is 1. The summed E-state index contributed by atoms with van der Waals surface area (Å²) in [5.74, 6) is 0.833. The normalized spacial score (nSPS) is 10.5. The van der Waals surface area contributed by atoms with E-state index in [9.17, 15) is 4.79 Å². The molecule has 0 fully saturated rings. The van der Waals surface area contributed by atoms with Gasteiger partial charge in [0.25, 0.3) is 0 Å². The van der Waals surface area contributed by atoms with Crippen LogP contribution in [0.3, 0.4) is 0 Å². The monoisotopic (exact) mass is 295 g/mol. The van der Waals surface area contributed by atoms with E-state index in [-0.39, 0.29) is 5.78 Å². The van der Waals surface area contributed by atoms with Crippen molar-refractivity contribution in [3.63, 3.8) is 0 Å². The van der Waals surface area contributed by atoms with E-state index in [4.69, 9.17) is 0 Å². The zero-order valence-electron chi connectivity index (χ0n) is 11.2. The molecule has 3 rings (SSSR count). The summed E-state index contributed by atoms with van der Waals surface area (Å²) in [6.07, 6.45) is 1.49. The molecule has 0 unspecified atom stereocenters. The van der Waals surface area contributed by atoms with Gasteiger partial charge in [-0.3, -0.25) is 9.89 Å². The molecular weight excluding hydrogens is 282 g/mol. The fourth-order valence-electron chi connectivity index (χ4n) is 1.92. The van der Waals surface area contributed by atoms with Gasteiger partial charge in [0.15, 0.2) is 10.9 Å². The molecule has 0 atom stereocenters. The minimum absolute atomic E-state index is 0.0463. The predicted molar refractivity (Wildman–Crippen MR) is 82.3 cm³/mol. The fraction of sp³-hybridized carbons (Fsp3) is 0.0625. The van der Waals surface area contributed by atoms with Gasteiger partial charge in [0.05, 0.1) is 0 Å². The number of hydrogen-bond acceptors (Lipinski definition) is 4. The third kappa shape index (κ3) is 3.38. The fourth-order valence-corrected chi connectivity index (χ4v) is 2.66. The summed E-state index contributed by atoms with van der Waals surface area (Å²) >= 11 is 1.58. The number of H-pyrrole nitrogens is 1. The molecule has 3 aromatic rings. The first kappa shape index (κ1) is 13.6. The number of hydrogen-bond donors (Lipinski definition) is 1. The van der Waals surface area contributed by atoms with E-state index in [1.807, 2.05) is 54.6 Å². The standard InChI is InChI=1S/C16H13N3OS/c20-15(13-4-2-1-3-5-13)14-8-6-12(7-9-14)10-21-16-17-11-18-19-16/h1-9,11H,10H2,(H,17,18,19). The molecule has 4 nitrogen and oxygen atoms in total. The molecule has 0 saturated heterocycles. The SMILES string of the molecule is O=C(c1ccccc1)c1ccc(CSc2ncn[nH]2)cc1. The number of benzene rings is 2. The second-order valence-electron chi connectivity index (χ2n) is 4.47. The molecule has 2 aromatic carbocycles. The van der Waals surface area contributed by atoms with Crippen LogP contribution in [0.2, 0.25) is 0 Å². The van der Waals surface area contributed by atoms with Crippen LogP contribution in [0.1, 0.15) is 21.5 Å². The van der Waals surface area contributed by atoms with Gasteiger partial charge < -0.3 is 0 Å². The van der Waals surface area contributed by atoms with Crippen molar-refractivity contribution in [2.45, 2.75) is 10.9 Å². The Bertz CT molecular complexity index is 709. The summed E-state index contributed by atoms with van der Waals surface area (Å²) in [6, 6.07) is 17.0. The van der Waals surface area contributed by atoms with Crippen LogP contribution in [-0.2, 0) is 5.75 Å². The Morgan fingerprint density at radius 2 is 1.71 bits per heavy atom. The van der Waals surface area contributed by atoms with Crippen LogP contribution in [0, 0.1) is 0 Å². The summed E-state index contributed by atoms with van der Waals surface area (Å²) in [5.41, 5.74) is 2.55. The zero-order chi connectivity index (χ0) is 14.5. The van der Waals surface area contributed by atoms with Gasteiger partial charge >= 0.3 is 0 Å². The molecule has 0 radical (unpaired) electrons. The lowest BCUT2D eigenvalue weighted by Gasteiger charge is -2.03. The summed E-state index contributed by atoms with van der Waals surface area (Å²) in [6.45, 7) is 0. The number of rotatable bonds is 5. The van der Waals surface area contributed by atoms with Gasteiger partial charge in [-0.15, -0.1) is 0 Å². The first-order chi connectivity index (χ1) is 10.3. The maximum atomic E-state index is 12.3. The molecule has 0 aliphatic carbocycles. The van der Waals surface area contributed by atoms with Crippen molar-refractivity contribution in [3.05, 3.63) is 77.6 Å². The number of ketones is 1. The number of nitrogens with one attached hydrogen (secondary N) is 1. The smallest absolute Gasteiger partial charge is 0.193 e. The molecule has 0 amide bonds. The van der Waals surface area contributed by atoms with Crippen LogP contribution in [0.25, 0.3) is 0 Å². The van der Waals surface area contributed by atoms with Crippen LogP contribution < -0.4 is 0 Å². The van der Waals surface area contributed by atoms with E-state index in [0.29, 0.717) is 11.1 Å². The summed E-state index contributed by atoms with van der Waals surface area (Å²) in [5, 5.41) is 7.40. The maximum Gasteiger partial charge on any atom is 0.193 e. The number of nitrogens with zero attached hydrogens (tertiary/aromatic N) is 2. The van der Waals surface area contributed by atoms with E-state index < -0.39 is 0 Å². The second-order valence-corrected chi connectivity index (χ2v) is 5.44. The molecule has 1 aromatic heterocycles.